The molecule has 0 spiro atoms. The van der Waals surface area contributed by atoms with Crippen molar-refractivity contribution in [1.29, 1.82) is 0 Å². The van der Waals surface area contributed by atoms with E-state index in [9.17, 15) is 4.79 Å². The maximum atomic E-state index is 11.1. The molecule has 1 atom stereocenters. The zero-order valence-corrected chi connectivity index (χ0v) is 10.9. The van der Waals surface area contributed by atoms with Crippen molar-refractivity contribution in [2.75, 3.05) is 0 Å². The zero-order chi connectivity index (χ0) is 13.0. The van der Waals surface area contributed by atoms with Crippen LogP contribution in [0.25, 0.3) is 0 Å². The van der Waals surface area contributed by atoms with Crippen molar-refractivity contribution in [2.45, 2.75) is 45.2 Å². The van der Waals surface area contributed by atoms with Crippen LogP contribution in [0.3, 0.4) is 0 Å². The van der Waals surface area contributed by atoms with Crippen LogP contribution < -0.4 is 5.32 Å². The first-order valence-corrected chi connectivity index (χ1v) is 6.73. The van der Waals surface area contributed by atoms with E-state index in [1.54, 1.807) is 12.1 Å². The van der Waals surface area contributed by atoms with Gasteiger partial charge in [-0.2, -0.15) is 0 Å². The highest BCUT2D eigenvalue weighted by Gasteiger charge is 2.21. The molecule has 98 valence electrons. The zero-order valence-electron chi connectivity index (χ0n) is 10.9. The van der Waals surface area contributed by atoms with Crippen LogP contribution in [0.1, 0.15) is 48.5 Å². The Morgan fingerprint density at radius 3 is 2.72 bits per heavy atom. The minimum atomic E-state index is -0.846. The summed E-state index contributed by atoms with van der Waals surface area (Å²) >= 11 is 0. The van der Waals surface area contributed by atoms with Crippen molar-refractivity contribution in [3.05, 3.63) is 35.4 Å². The van der Waals surface area contributed by atoms with Crippen molar-refractivity contribution in [3.63, 3.8) is 0 Å². The molecule has 1 aliphatic carbocycles. The number of carboxylic acids is 1. The van der Waals surface area contributed by atoms with Crippen LogP contribution in [0, 0.1) is 5.92 Å². The van der Waals surface area contributed by atoms with Crippen LogP contribution in [-0.4, -0.2) is 17.1 Å². The fraction of sp³-hybridized carbons (Fsp3) is 0.533. The Labute approximate surface area is 108 Å². The molecule has 0 unspecified atom stereocenters. The number of aromatic carboxylic acids is 1. The largest absolute Gasteiger partial charge is 0.478 e. The van der Waals surface area contributed by atoms with Crippen molar-refractivity contribution in [1.82, 2.24) is 5.32 Å². The van der Waals surface area contributed by atoms with Gasteiger partial charge in [-0.3, -0.25) is 0 Å². The van der Waals surface area contributed by atoms with E-state index in [-0.39, 0.29) is 0 Å². The Balaban J connectivity index is 1.95. The Morgan fingerprint density at radius 1 is 1.39 bits per heavy atom. The molecule has 2 rings (SSSR count). The molecular weight excluding hydrogens is 226 g/mol. The Bertz CT molecular complexity index is 411. The molecule has 1 aromatic carbocycles. The van der Waals surface area contributed by atoms with E-state index in [1.807, 2.05) is 12.1 Å². The van der Waals surface area contributed by atoms with Gasteiger partial charge in [-0.25, -0.2) is 4.79 Å². The predicted molar refractivity (Wildman–Crippen MR) is 71.7 cm³/mol. The Kier molecular flexibility index (Phi) is 4.37. The first kappa shape index (κ1) is 13.1. The van der Waals surface area contributed by atoms with Crippen molar-refractivity contribution in [2.24, 2.45) is 5.92 Å². The van der Waals surface area contributed by atoms with Gasteiger partial charge in [-0.05, 0) is 37.3 Å². The molecule has 0 bridgehead atoms. The van der Waals surface area contributed by atoms with E-state index in [2.05, 4.69) is 12.2 Å². The smallest absolute Gasteiger partial charge is 0.336 e. The molecular formula is C15H21NO2. The van der Waals surface area contributed by atoms with Crippen LogP contribution >= 0.6 is 0 Å². The molecule has 3 nitrogen and oxygen atoms in total. The van der Waals surface area contributed by atoms with Gasteiger partial charge < -0.3 is 10.4 Å². The van der Waals surface area contributed by atoms with Gasteiger partial charge in [0, 0.05) is 12.6 Å². The summed E-state index contributed by atoms with van der Waals surface area (Å²) in [4.78, 5) is 11.1. The summed E-state index contributed by atoms with van der Waals surface area (Å²) in [7, 11) is 0. The second kappa shape index (κ2) is 6.01. The number of benzene rings is 1. The molecule has 1 aromatic rings. The second-order valence-electron chi connectivity index (χ2n) is 5.18. The van der Waals surface area contributed by atoms with Gasteiger partial charge >= 0.3 is 5.97 Å². The highest BCUT2D eigenvalue weighted by Crippen LogP contribution is 2.27. The molecule has 1 saturated carbocycles. The number of hydrogen-bond donors (Lipinski definition) is 2. The molecule has 3 heteroatoms. The normalized spacial score (nSPS) is 17.8. The second-order valence-corrected chi connectivity index (χ2v) is 5.18. The molecule has 1 aliphatic rings. The van der Waals surface area contributed by atoms with Gasteiger partial charge in [0.05, 0.1) is 5.56 Å². The summed E-state index contributed by atoms with van der Waals surface area (Å²) in [6, 6.07) is 7.68. The van der Waals surface area contributed by atoms with Gasteiger partial charge in [0.25, 0.3) is 0 Å². The SMILES string of the molecule is C[C@H](NCc1ccccc1C(=O)O)C1CCCC1. The third kappa shape index (κ3) is 3.10. The highest BCUT2D eigenvalue weighted by atomic mass is 16.4. The van der Waals surface area contributed by atoms with E-state index in [0.29, 0.717) is 18.2 Å². The monoisotopic (exact) mass is 247 g/mol. The van der Waals surface area contributed by atoms with Crippen LogP contribution in [0.15, 0.2) is 24.3 Å². The highest BCUT2D eigenvalue weighted by molar-refractivity contribution is 5.89. The molecule has 0 saturated heterocycles. The molecule has 1 fully saturated rings. The molecule has 18 heavy (non-hydrogen) atoms. The lowest BCUT2D eigenvalue weighted by molar-refractivity contribution is 0.0695. The van der Waals surface area contributed by atoms with Crippen LogP contribution in [-0.2, 0) is 6.54 Å². The fourth-order valence-electron chi connectivity index (χ4n) is 2.78. The van der Waals surface area contributed by atoms with E-state index in [4.69, 9.17) is 5.11 Å². The fourth-order valence-corrected chi connectivity index (χ4v) is 2.78. The summed E-state index contributed by atoms with van der Waals surface area (Å²) in [5.74, 6) is -0.0945. The average Bonchev–Trinajstić information content (AvgIpc) is 2.90. The van der Waals surface area contributed by atoms with E-state index in [0.717, 1.165) is 11.5 Å². The number of hydrogen-bond acceptors (Lipinski definition) is 2. The number of carboxylic acid groups (broad SMARTS) is 1. The third-order valence-electron chi connectivity index (χ3n) is 3.97. The van der Waals surface area contributed by atoms with Crippen LogP contribution in [0.5, 0.6) is 0 Å². The van der Waals surface area contributed by atoms with E-state index in [1.165, 1.54) is 25.7 Å². The number of nitrogens with one attached hydrogen (secondary N) is 1. The van der Waals surface area contributed by atoms with Crippen molar-refractivity contribution in [3.8, 4) is 0 Å². The minimum Gasteiger partial charge on any atom is -0.478 e. The first-order chi connectivity index (χ1) is 8.68. The summed E-state index contributed by atoms with van der Waals surface area (Å²) in [5.41, 5.74) is 1.28. The lowest BCUT2D eigenvalue weighted by Gasteiger charge is -2.20. The lowest BCUT2D eigenvalue weighted by atomic mass is 9.99. The van der Waals surface area contributed by atoms with Gasteiger partial charge in [0.15, 0.2) is 0 Å². The molecule has 2 N–H and O–H groups in total. The maximum Gasteiger partial charge on any atom is 0.336 e. The number of rotatable bonds is 5. The molecule has 0 amide bonds. The van der Waals surface area contributed by atoms with Gasteiger partial charge in [0.1, 0.15) is 0 Å². The molecule has 0 heterocycles. The Hall–Kier alpha value is -1.35. The summed E-state index contributed by atoms with van der Waals surface area (Å²) < 4.78 is 0. The first-order valence-electron chi connectivity index (χ1n) is 6.73. The minimum absolute atomic E-state index is 0.406. The van der Waals surface area contributed by atoms with E-state index >= 15 is 0 Å². The third-order valence-corrected chi connectivity index (χ3v) is 3.97. The molecule has 0 radical (unpaired) electrons. The predicted octanol–water partition coefficient (Wildman–Crippen LogP) is 3.05. The molecule has 0 aromatic heterocycles. The van der Waals surface area contributed by atoms with E-state index < -0.39 is 5.97 Å². The summed E-state index contributed by atoms with van der Waals surface area (Å²) in [6.07, 6.45) is 5.27. The average molecular weight is 247 g/mol. The van der Waals surface area contributed by atoms with Gasteiger partial charge in [0.2, 0.25) is 0 Å². The van der Waals surface area contributed by atoms with Gasteiger partial charge in [-0.1, -0.05) is 31.0 Å². The Morgan fingerprint density at radius 2 is 2.06 bits per heavy atom. The summed E-state index contributed by atoms with van der Waals surface area (Å²) in [5, 5.41) is 12.6. The topological polar surface area (TPSA) is 49.3 Å². The maximum absolute atomic E-state index is 11.1. The lowest BCUT2D eigenvalue weighted by Crippen LogP contribution is -2.32. The van der Waals surface area contributed by atoms with Crippen LogP contribution in [0.2, 0.25) is 0 Å². The van der Waals surface area contributed by atoms with Crippen LogP contribution in [0.4, 0.5) is 0 Å². The quantitative estimate of drug-likeness (QED) is 0.840. The summed E-state index contributed by atoms with van der Waals surface area (Å²) in [6.45, 7) is 2.85. The molecule has 0 aliphatic heterocycles. The number of carbonyl (C=O) groups is 1. The van der Waals surface area contributed by atoms with Crippen molar-refractivity contribution >= 4 is 5.97 Å². The van der Waals surface area contributed by atoms with Crippen molar-refractivity contribution < 1.29 is 9.90 Å². The van der Waals surface area contributed by atoms with Gasteiger partial charge in [-0.15, -0.1) is 0 Å². The standard InChI is InChI=1S/C15H21NO2/c1-11(12-6-2-3-7-12)16-10-13-8-4-5-9-14(13)15(17)18/h4-5,8-9,11-12,16H,2-3,6-7,10H2,1H3,(H,17,18)/t11-/m0/s1.